The van der Waals surface area contributed by atoms with Crippen molar-refractivity contribution >= 4 is 23.5 Å². The van der Waals surface area contributed by atoms with Gasteiger partial charge in [0.25, 0.3) is 17.7 Å². The van der Waals surface area contributed by atoms with Gasteiger partial charge in [-0.2, -0.15) is 5.26 Å². The Kier molecular flexibility index (Phi) is 5.52. The lowest BCUT2D eigenvalue weighted by molar-refractivity contribution is 0.0642. The molecule has 34 heavy (non-hydrogen) atoms. The van der Waals surface area contributed by atoms with E-state index in [9.17, 15) is 19.6 Å². The Hall–Kier alpha value is -4.51. The van der Waals surface area contributed by atoms with Gasteiger partial charge < -0.3 is 9.80 Å². The summed E-state index contributed by atoms with van der Waals surface area (Å²) in [6, 6.07) is 19.5. The van der Waals surface area contributed by atoms with Crippen molar-refractivity contribution in [3.63, 3.8) is 0 Å². The summed E-state index contributed by atoms with van der Waals surface area (Å²) in [6.07, 6.45) is 1.66. The molecule has 0 unspecified atom stereocenters. The van der Waals surface area contributed by atoms with Gasteiger partial charge in [-0.3, -0.25) is 19.3 Å². The number of imide groups is 1. The summed E-state index contributed by atoms with van der Waals surface area (Å²) in [7, 11) is 0. The average Bonchev–Trinajstić information content (AvgIpc) is 3.13. The SMILES string of the molecule is N#Cc1cccnc1N1CCN(C(=O)c2cccc(CN3C(=O)c4ccccc4C3=O)c2)CC1. The molecule has 3 amide bonds. The number of carbonyl (C=O) groups is 3. The molecule has 2 aromatic carbocycles. The van der Waals surface area contributed by atoms with Crippen LogP contribution in [-0.4, -0.2) is 58.7 Å². The third kappa shape index (κ3) is 3.77. The summed E-state index contributed by atoms with van der Waals surface area (Å²) in [6.45, 7) is 2.27. The molecule has 3 heterocycles. The fourth-order valence-electron chi connectivity index (χ4n) is 4.41. The van der Waals surface area contributed by atoms with Crippen molar-refractivity contribution in [1.82, 2.24) is 14.8 Å². The molecule has 2 aliphatic heterocycles. The molecule has 5 rings (SSSR count). The largest absolute Gasteiger partial charge is 0.352 e. The molecule has 8 heteroatoms. The van der Waals surface area contributed by atoms with Gasteiger partial charge in [-0.1, -0.05) is 24.3 Å². The van der Waals surface area contributed by atoms with Crippen molar-refractivity contribution < 1.29 is 14.4 Å². The standard InChI is InChI=1S/C26H21N5O3/c27-16-20-7-4-10-28-23(20)29-11-13-30(14-12-29)24(32)19-6-3-5-18(15-19)17-31-25(33)21-8-1-2-9-22(21)26(31)34/h1-10,15H,11-14,17H2. The Morgan fingerprint density at radius 2 is 1.62 bits per heavy atom. The van der Waals surface area contributed by atoms with Gasteiger partial charge in [-0.25, -0.2) is 4.98 Å². The van der Waals surface area contributed by atoms with Crippen molar-refractivity contribution in [1.29, 1.82) is 5.26 Å². The number of fused-ring (bicyclic) bond motifs is 1. The monoisotopic (exact) mass is 451 g/mol. The highest BCUT2D eigenvalue weighted by Gasteiger charge is 2.35. The van der Waals surface area contributed by atoms with Gasteiger partial charge in [-0.15, -0.1) is 0 Å². The zero-order valence-corrected chi connectivity index (χ0v) is 18.3. The predicted octanol–water partition coefficient (Wildman–Crippen LogP) is 2.71. The van der Waals surface area contributed by atoms with Gasteiger partial charge in [0.05, 0.1) is 23.2 Å². The quantitative estimate of drug-likeness (QED) is 0.566. The lowest BCUT2D eigenvalue weighted by atomic mass is 10.1. The van der Waals surface area contributed by atoms with Crippen LogP contribution in [0.2, 0.25) is 0 Å². The Morgan fingerprint density at radius 3 is 2.29 bits per heavy atom. The van der Waals surface area contributed by atoms with Crippen molar-refractivity contribution in [2.24, 2.45) is 0 Å². The first-order valence-corrected chi connectivity index (χ1v) is 11.0. The molecule has 1 fully saturated rings. The number of hydrogen-bond acceptors (Lipinski definition) is 6. The van der Waals surface area contributed by atoms with Gasteiger partial charge in [0.1, 0.15) is 11.9 Å². The van der Waals surface area contributed by atoms with Crippen LogP contribution in [0.5, 0.6) is 0 Å². The number of rotatable bonds is 4. The fourth-order valence-corrected chi connectivity index (χ4v) is 4.41. The van der Waals surface area contributed by atoms with Crippen LogP contribution in [0.4, 0.5) is 5.82 Å². The Morgan fingerprint density at radius 1 is 0.912 bits per heavy atom. The van der Waals surface area contributed by atoms with Gasteiger partial charge in [-0.05, 0) is 42.0 Å². The molecule has 1 saturated heterocycles. The van der Waals surface area contributed by atoms with E-state index in [1.807, 2.05) is 11.0 Å². The van der Waals surface area contributed by atoms with Gasteiger partial charge in [0.2, 0.25) is 0 Å². The number of anilines is 1. The first kappa shape index (κ1) is 21.3. The first-order chi connectivity index (χ1) is 16.6. The molecule has 0 spiro atoms. The third-order valence-electron chi connectivity index (χ3n) is 6.17. The van der Waals surface area contributed by atoms with Gasteiger partial charge in [0.15, 0.2) is 0 Å². The van der Waals surface area contributed by atoms with Crippen LogP contribution in [0.3, 0.4) is 0 Å². The number of hydrogen-bond donors (Lipinski definition) is 0. The lowest BCUT2D eigenvalue weighted by Gasteiger charge is -2.35. The second-order valence-electron chi connectivity index (χ2n) is 8.21. The molecule has 3 aromatic rings. The summed E-state index contributed by atoms with van der Waals surface area (Å²) < 4.78 is 0. The highest BCUT2D eigenvalue weighted by Crippen LogP contribution is 2.25. The van der Waals surface area contributed by atoms with Crippen LogP contribution in [0.15, 0.2) is 66.9 Å². The molecule has 8 nitrogen and oxygen atoms in total. The van der Waals surface area contributed by atoms with E-state index in [4.69, 9.17) is 0 Å². The zero-order valence-electron chi connectivity index (χ0n) is 18.3. The van der Waals surface area contributed by atoms with E-state index in [-0.39, 0.29) is 24.3 Å². The van der Waals surface area contributed by atoms with Crippen molar-refractivity contribution in [2.45, 2.75) is 6.54 Å². The van der Waals surface area contributed by atoms with Crippen LogP contribution in [0.25, 0.3) is 0 Å². The zero-order chi connectivity index (χ0) is 23.7. The molecule has 0 bridgehead atoms. The maximum Gasteiger partial charge on any atom is 0.261 e. The summed E-state index contributed by atoms with van der Waals surface area (Å²) in [5.74, 6) is -0.107. The van der Waals surface area contributed by atoms with Crippen LogP contribution in [-0.2, 0) is 6.54 Å². The summed E-state index contributed by atoms with van der Waals surface area (Å²) in [4.78, 5) is 47.8. The maximum atomic E-state index is 13.2. The fraction of sp³-hybridized carbons (Fsp3) is 0.192. The number of carbonyl (C=O) groups excluding carboxylic acids is 3. The molecule has 0 aliphatic carbocycles. The second kappa shape index (κ2) is 8.79. The van der Waals surface area contributed by atoms with Crippen molar-refractivity contribution in [3.8, 4) is 6.07 Å². The number of pyridine rings is 1. The average molecular weight is 451 g/mol. The molecule has 168 valence electrons. The van der Waals surface area contributed by atoms with E-state index >= 15 is 0 Å². The highest BCUT2D eigenvalue weighted by atomic mass is 16.2. The number of nitriles is 1. The molecule has 0 atom stereocenters. The summed E-state index contributed by atoms with van der Waals surface area (Å²) in [5, 5.41) is 9.32. The van der Waals surface area contributed by atoms with Crippen LogP contribution >= 0.6 is 0 Å². The van der Waals surface area contributed by atoms with E-state index in [2.05, 4.69) is 11.1 Å². The predicted molar refractivity (Wildman–Crippen MR) is 124 cm³/mol. The van der Waals surface area contributed by atoms with E-state index < -0.39 is 0 Å². The molecule has 2 aliphatic rings. The number of nitrogens with zero attached hydrogens (tertiary/aromatic N) is 5. The van der Waals surface area contributed by atoms with E-state index in [1.165, 1.54) is 4.90 Å². The first-order valence-electron chi connectivity index (χ1n) is 11.0. The van der Waals surface area contributed by atoms with Crippen LogP contribution < -0.4 is 4.90 Å². The van der Waals surface area contributed by atoms with E-state index in [0.717, 1.165) is 0 Å². The minimum absolute atomic E-state index is 0.106. The molecule has 0 N–H and O–H groups in total. The number of piperazine rings is 1. The molecular weight excluding hydrogens is 430 g/mol. The normalized spacial score (nSPS) is 15.3. The minimum atomic E-state index is -0.320. The van der Waals surface area contributed by atoms with E-state index in [1.54, 1.807) is 65.7 Å². The Labute approximate surface area is 196 Å². The third-order valence-corrected chi connectivity index (χ3v) is 6.17. The topological polar surface area (TPSA) is 97.6 Å². The number of amides is 3. The minimum Gasteiger partial charge on any atom is -0.352 e. The maximum absolute atomic E-state index is 13.2. The van der Waals surface area contributed by atoms with Gasteiger partial charge in [0, 0.05) is 37.9 Å². The molecular formula is C26H21N5O3. The lowest BCUT2D eigenvalue weighted by Crippen LogP contribution is -2.49. The smallest absolute Gasteiger partial charge is 0.261 e. The number of aromatic nitrogens is 1. The Balaban J connectivity index is 1.26. The van der Waals surface area contributed by atoms with Crippen molar-refractivity contribution in [2.75, 3.05) is 31.1 Å². The summed E-state index contributed by atoms with van der Waals surface area (Å²) in [5.41, 5.74) is 2.56. The highest BCUT2D eigenvalue weighted by molar-refractivity contribution is 6.21. The molecule has 0 radical (unpaired) electrons. The van der Waals surface area contributed by atoms with Crippen LogP contribution in [0.1, 0.15) is 42.2 Å². The molecule has 0 saturated carbocycles. The van der Waals surface area contributed by atoms with Crippen LogP contribution in [0, 0.1) is 11.3 Å². The second-order valence-corrected chi connectivity index (χ2v) is 8.21. The van der Waals surface area contributed by atoms with Gasteiger partial charge >= 0.3 is 0 Å². The number of benzene rings is 2. The Bertz CT molecular complexity index is 1300. The van der Waals surface area contributed by atoms with E-state index in [0.29, 0.717) is 59.8 Å². The van der Waals surface area contributed by atoms with Crippen molar-refractivity contribution in [3.05, 3.63) is 94.7 Å². The molecule has 1 aromatic heterocycles. The summed E-state index contributed by atoms with van der Waals surface area (Å²) >= 11 is 0.